The van der Waals surface area contributed by atoms with Crippen LogP contribution in [-0.2, 0) is 9.59 Å². The summed E-state index contributed by atoms with van der Waals surface area (Å²) in [7, 11) is 0. The van der Waals surface area contributed by atoms with Crippen molar-refractivity contribution in [3.63, 3.8) is 0 Å². The fraction of sp³-hybridized carbons (Fsp3) is 0.800. The van der Waals surface area contributed by atoms with Crippen LogP contribution >= 0.6 is 11.8 Å². The van der Waals surface area contributed by atoms with Crippen molar-refractivity contribution in [2.75, 3.05) is 5.75 Å². The van der Waals surface area contributed by atoms with Crippen LogP contribution in [0.15, 0.2) is 11.6 Å². The van der Waals surface area contributed by atoms with Crippen LogP contribution in [-0.4, -0.2) is 22.6 Å². The Morgan fingerprint density at radius 1 is 1.04 bits per heavy atom. The van der Waals surface area contributed by atoms with Crippen molar-refractivity contribution in [3.05, 3.63) is 11.6 Å². The molecule has 0 radical (unpaired) electrons. The van der Waals surface area contributed by atoms with Crippen LogP contribution < -0.4 is 0 Å². The fourth-order valence-electron chi connectivity index (χ4n) is 6.99. The van der Waals surface area contributed by atoms with E-state index in [0.29, 0.717) is 22.9 Å². The Hall–Kier alpha value is -0.570. The minimum absolute atomic E-state index is 0.0231. The molecule has 1 saturated heterocycles. The first-order valence-corrected chi connectivity index (χ1v) is 10.5. The van der Waals surface area contributed by atoms with Crippen molar-refractivity contribution < 1.29 is 9.59 Å². The first-order chi connectivity index (χ1) is 11.1. The molecule has 5 aliphatic rings. The highest BCUT2D eigenvalue weighted by molar-refractivity contribution is 8.06. The summed E-state index contributed by atoms with van der Waals surface area (Å²) in [6, 6.07) is 0. The van der Waals surface area contributed by atoms with Gasteiger partial charge >= 0.3 is 0 Å². The maximum absolute atomic E-state index is 12.5. The largest absolute Gasteiger partial charge is 0.299 e. The number of hydrogen-bond acceptors (Lipinski definition) is 3. The molecule has 23 heavy (non-hydrogen) atoms. The average Bonchev–Trinajstić information content (AvgIpc) is 3.34. The molecule has 1 aliphatic heterocycles. The Balaban J connectivity index is 1.57. The minimum Gasteiger partial charge on any atom is -0.299 e. The Bertz CT molecular complexity index is 619. The van der Waals surface area contributed by atoms with Crippen LogP contribution in [0, 0.1) is 28.6 Å². The zero-order valence-corrected chi connectivity index (χ0v) is 14.8. The summed E-state index contributed by atoms with van der Waals surface area (Å²) in [5, 5.41) is 0.760. The number of rotatable bonds is 1. The molecule has 3 saturated carbocycles. The molecule has 124 valence electrons. The Morgan fingerprint density at radius 3 is 2.65 bits per heavy atom. The second-order valence-electron chi connectivity index (χ2n) is 8.83. The van der Waals surface area contributed by atoms with Gasteiger partial charge in [-0.15, -0.1) is 0 Å². The lowest BCUT2D eigenvalue weighted by molar-refractivity contribution is -0.132. The second kappa shape index (κ2) is 4.74. The molecule has 0 spiro atoms. The molecule has 5 rings (SSSR count). The molecule has 3 heteroatoms. The number of carbonyl (C=O) groups is 2. The second-order valence-corrected chi connectivity index (χ2v) is 10.1. The van der Waals surface area contributed by atoms with Crippen molar-refractivity contribution in [1.82, 2.24) is 0 Å². The van der Waals surface area contributed by atoms with E-state index >= 15 is 0 Å². The monoisotopic (exact) mass is 330 g/mol. The van der Waals surface area contributed by atoms with Gasteiger partial charge in [0.1, 0.15) is 5.78 Å². The summed E-state index contributed by atoms with van der Waals surface area (Å²) in [4.78, 5) is 24.5. The highest BCUT2D eigenvalue weighted by atomic mass is 32.2. The van der Waals surface area contributed by atoms with Crippen LogP contribution in [0.4, 0.5) is 0 Å². The molecular formula is C20H26O2S. The van der Waals surface area contributed by atoms with E-state index in [2.05, 4.69) is 18.7 Å². The normalized spacial score (nSPS) is 51.6. The van der Waals surface area contributed by atoms with Gasteiger partial charge in [-0.05, 0) is 62.4 Å². The third kappa shape index (κ3) is 1.83. The van der Waals surface area contributed by atoms with Crippen molar-refractivity contribution in [1.29, 1.82) is 0 Å². The highest BCUT2D eigenvalue weighted by Crippen LogP contribution is 2.69. The summed E-state index contributed by atoms with van der Waals surface area (Å²) in [5.74, 6) is 4.27. The van der Waals surface area contributed by atoms with Gasteiger partial charge in [0, 0.05) is 34.7 Å². The van der Waals surface area contributed by atoms with E-state index in [1.165, 1.54) is 24.2 Å². The van der Waals surface area contributed by atoms with E-state index < -0.39 is 0 Å². The number of ketones is 2. The quantitative estimate of drug-likeness (QED) is 0.676. The van der Waals surface area contributed by atoms with Crippen LogP contribution in [0.1, 0.15) is 58.3 Å². The van der Waals surface area contributed by atoms with Crippen LogP contribution in [0.2, 0.25) is 0 Å². The molecule has 0 amide bonds. The summed E-state index contributed by atoms with van der Waals surface area (Å²) in [6.07, 6.45) is 10.5. The van der Waals surface area contributed by atoms with Gasteiger partial charge in [-0.2, -0.15) is 11.8 Å². The van der Waals surface area contributed by atoms with Crippen molar-refractivity contribution in [3.8, 4) is 0 Å². The van der Waals surface area contributed by atoms with Crippen LogP contribution in [0.25, 0.3) is 0 Å². The van der Waals surface area contributed by atoms with E-state index in [0.717, 1.165) is 55.6 Å². The standard InChI is InChI=1S/C20H26O2S/c1-19-8-7-16-14(15(19)4-5-17(19)22)3-2-12-10-13(21)6-9-20(12,16)18-11-23-18/h10,14-16,18H,2-9,11H2,1H3/t14-,15-,16-,18+,19-,20+/m0/s1. The van der Waals surface area contributed by atoms with Crippen LogP contribution in [0.5, 0.6) is 0 Å². The predicted octanol–water partition coefficient (Wildman–Crippen LogP) is 4.18. The Kier molecular flexibility index (Phi) is 3.04. The van der Waals surface area contributed by atoms with Crippen molar-refractivity contribution >= 4 is 23.3 Å². The van der Waals surface area contributed by atoms with Gasteiger partial charge < -0.3 is 0 Å². The number of Topliss-reactive ketones (excluding diaryl/α,β-unsaturated/α-hetero) is 1. The van der Waals surface area contributed by atoms with Gasteiger partial charge in [0.2, 0.25) is 0 Å². The van der Waals surface area contributed by atoms with Crippen LogP contribution in [0.3, 0.4) is 0 Å². The highest BCUT2D eigenvalue weighted by Gasteiger charge is 2.63. The number of hydrogen-bond donors (Lipinski definition) is 0. The molecule has 0 unspecified atom stereocenters. The molecule has 4 aliphatic carbocycles. The lowest BCUT2D eigenvalue weighted by Gasteiger charge is -2.58. The number of fused-ring (bicyclic) bond motifs is 5. The molecule has 1 heterocycles. The maximum Gasteiger partial charge on any atom is 0.155 e. The Labute approximate surface area is 142 Å². The van der Waals surface area contributed by atoms with Crippen molar-refractivity contribution in [2.24, 2.45) is 28.6 Å². The van der Waals surface area contributed by atoms with Gasteiger partial charge in [0.05, 0.1) is 0 Å². The lowest BCUT2D eigenvalue weighted by Crippen LogP contribution is -2.53. The molecule has 4 fully saturated rings. The van der Waals surface area contributed by atoms with Gasteiger partial charge in [-0.1, -0.05) is 12.5 Å². The summed E-state index contributed by atoms with van der Waals surface area (Å²) >= 11 is 2.11. The van der Waals surface area contributed by atoms with Gasteiger partial charge in [-0.3, -0.25) is 9.59 Å². The fourth-order valence-corrected chi connectivity index (χ4v) is 8.13. The lowest BCUT2D eigenvalue weighted by atomic mass is 9.46. The molecule has 0 aromatic rings. The SMILES string of the molecule is C[C@]12CC[C@H]3[C@@H](CCC4=CC(=O)CC[C@@]43[C@H]3CS3)[C@@H]1CCC2=O. The Morgan fingerprint density at radius 2 is 1.87 bits per heavy atom. The van der Waals surface area contributed by atoms with E-state index in [9.17, 15) is 9.59 Å². The molecule has 6 atom stereocenters. The first-order valence-electron chi connectivity index (χ1n) is 9.44. The molecule has 2 nitrogen and oxygen atoms in total. The van der Waals surface area contributed by atoms with E-state index in [-0.39, 0.29) is 5.41 Å². The van der Waals surface area contributed by atoms with Crippen molar-refractivity contribution in [2.45, 2.75) is 63.5 Å². The molecule has 0 N–H and O–H groups in total. The smallest absolute Gasteiger partial charge is 0.155 e. The summed E-state index contributed by atoms with van der Waals surface area (Å²) < 4.78 is 0. The minimum atomic E-state index is -0.0231. The average molecular weight is 330 g/mol. The van der Waals surface area contributed by atoms with Gasteiger partial charge in [-0.25, -0.2) is 0 Å². The first kappa shape index (κ1) is 14.7. The summed E-state index contributed by atoms with van der Waals surface area (Å²) in [5.41, 5.74) is 1.79. The molecule has 0 aromatic carbocycles. The zero-order valence-electron chi connectivity index (χ0n) is 14.0. The number of allylic oxidation sites excluding steroid dienone is 1. The maximum atomic E-state index is 12.5. The third-order valence-electron chi connectivity index (χ3n) is 8.18. The third-order valence-corrected chi connectivity index (χ3v) is 9.27. The van der Waals surface area contributed by atoms with Gasteiger partial charge in [0.25, 0.3) is 0 Å². The zero-order chi connectivity index (χ0) is 15.8. The van der Waals surface area contributed by atoms with E-state index in [4.69, 9.17) is 0 Å². The van der Waals surface area contributed by atoms with E-state index in [1.807, 2.05) is 6.08 Å². The predicted molar refractivity (Wildman–Crippen MR) is 92.3 cm³/mol. The molecular weight excluding hydrogens is 304 g/mol. The number of carbonyl (C=O) groups excluding carboxylic acids is 2. The number of thioether (sulfide) groups is 1. The summed E-state index contributed by atoms with van der Waals surface area (Å²) in [6.45, 7) is 2.26. The topological polar surface area (TPSA) is 34.1 Å². The molecule has 0 bridgehead atoms. The molecule has 0 aromatic heterocycles. The van der Waals surface area contributed by atoms with Gasteiger partial charge in [0.15, 0.2) is 5.78 Å². The van der Waals surface area contributed by atoms with E-state index in [1.54, 1.807) is 0 Å².